The number of aliphatic hydroxyl groups excluding tert-OH is 1. The first kappa shape index (κ1) is 99.1. The largest absolute Gasteiger partial charge is 0.472 e. The number of phosphoric acid groups is 2. The number of esters is 4. The predicted molar refractivity (Wildman–Crippen MR) is 414 cm³/mol. The normalized spacial score (nSPS) is 14.0. The zero-order valence-corrected chi connectivity index (χ0v) is 68.2. The summed E-state index contributed by atoms with van der Waals surface area (Å²) in [7, 11) is -9.92. The molecule has 0 bridgehead atoms. The zero-order chi connectivity index (χ0) is 74.4. The number of aliphatic hydroxyl groups is 1. The molecule has 17 nitrogen and oxygen atoms in total. The number of hydrogen-bond acceptors (Lipinski definition) is 15. The van der Waals surface area contributed by atoms with Crippen molar-refractivity contribution in [3.05, 3.63) is 0 Å². The molecule has 600 valence electrons. The van der Waals surface area contributed by atoms with Gasteiger partial charge < -0.3 is 33.8 Å². The summed E-state index contributed by atoms with van der Waals surface area (Å²) in [6, 6.07) is 0. The van der Waals surface area contributed by atoms with Crippen LogP contribution in [-0.4, -0.2) is 96.7 Å². The first-order valence-electron chi connectivity index (χ1n) is 42.3. The fraction of sp³-hybridized carbons (Fsp3) is 0.951. The lowest BCUT2D eigenvalue weighted by atomic mass is 10.0. The Kier molecular flexibility index (Phi) is 70.9. The van der Waals surface area contributed by atoms with Crippen LogP contribution in [-0.2, 0) is 65.4 Å². The van der Waals surface area contributed by atoms with E-state index in [4.69, 9.17) is 37.0 Å². The number of ether oxygens (including phenoxy) is 4. The summed E-state index contributed by atoms with van der Waals surface area (Å²) in [6.07, 6.45) is 61.2. The third kappa shape index (κ3) is 76.1. The zero-order valence-electron chi connectivity index (χ0n) is 66.4. The molecule has 19 heteroatoms. The maximum absolute atomic E-state index is 13.1. The molecule has 0 aromatic carbocycles. The van der Waals surface area contributed by atoms with E-state index in [1.165, 1.54) is 231 Å². The quantitative estimate of drug-likeness (QED) is 0.0222. The molecule has 0 spiro atoms. The van der Waals surface area contributed by atoms with Gasteiger partial charge in [-0.2, -0.15) is 0 Å². The standard InChI is InChI=1S/C82H160O17P2/c1-8-9-10-11-12-13-14-15-16-17-18-19-20-21-22-23-31-36-43-51-58-65-81(86)98-77(69-92-79(84)63-56-49-42-35-30-26-24-28-33-39-46-53-60-73(2)3)71-96-100(88,89)94-67-76(83)68-95-101(90,91)97-72-78(70-93-80(85)64-57-50-45-38-41-48-55-62-75(6)7)99-82(87)66-59-52-44-37-32-27-25-29-34-40-47-54-61-74(4)5/h73-78,83H,8-72H2,1-7H3,(H,88,89)(H,90,91)/t76-,77-,78-/m1/s1. The van der Waals surface area contributed by atoms with Crippen LogP contribution >= 0.6 is 15.6 Å². The monoisotopic (exact) mass is 1480 g/mol. The fourth-order valence-electron chi connectivity index (χ4n) is 12.7. The van der Waals surface area contributed by atoms with Gasteiger partial charge in [0.05, 0.1) is 26.4 Å². The molecule has 0 aliphatic rings. The minimum atomic E-state index is -4.96. The summed E-state index contributed by atoms with van der Waals surface area (Å²) < 4.78 is 68.7. The molecule has 3 N–H and O–H groups in total. The van der Waals surface area contributed by atoms with E-state index in [1.54, 1.807) is 0 Å². The van der Waals surface area contributed by atoms with Crippen molar-refractivity contribution in [1.82, 2.24) is 0 Å². The number of unbranched alkanes of at least 4 members (excludes halogenated alkanes) is 48. The van der Waals surface area contributed by atoms with Crippen molar-refractivity contribution in [2.45, 2.75) is 446 Å². The van der Waals surface area contributed by atoms with Crippen molar-refractivity contribution >= 4 is 39.5 Å². The average Bonchev–Trinajstić information content (AvgIpc) is 0.954. The first-order valence-corrected chi connectivity index (χ1v) is 45.3. The van der Waals surface area contributed by atoms with E-state index >= 15 is 0 Å². The molecule has 0 heterocycles. The van der Waals surface area contributed by atoms with Crippen molar-refractivity contribution < 1.29 is 80.2 Å². The van der Waals surface area contributed by atoms with Crippen LogP contribution in [0.4, 0.5) is 0 Å². The van der Waals surface area contributed by atoms with E-state index in [2.05, 4.69) is 48.5 Å². The van der Waals surface area contributed by atoms with Gasteiger partial charge in [-0.05, 0) is 43.4 Å². The topological polar surface area (TPSA) is 237 Å². The van der Waals surface area contributed by atoms with Gasteiger partial charge in [-0.25, -0.2) is 9.13 Å². The molecule has 0 aromatic rings. The molecule has 0 saturated carbocycles. The Morgan fingerprint density at radius 1 is 0.267 bits per heavy atom. The Hall–Kier alpha value is -1.94. The molecule has 0 rings (SSSR count). The van der Waals surface area contributed by atoms with Crippen molar-refractivity contribution in [1.29, 1.82) is 0 Å². The van der Waals surface area contributed by atoms with Gasteiger partial charge in [0.25, 0.3) is 0 Å². The van der Waals surface area contributed by atoms with E-state index in [9.17, 15) is 43.2 Å². The van der Waals surface area contributed by atoms with Crippen LogP contribution in [0.25, 0.3) is 0 Å². The lowest BCUT2D eigenvalue weighted by Gasteiger charge is -2.21. The maximum Gasteiger partial charge on any atom is 0.472 e. The second-order valence-electron chi connectivity index (χ2n) is 30.9. The molecule has 0 aromatic heterocycles. The second-order valence-corrected chi connectivity index (χ2v) is 33.8. The molecule has 0 amide bonds. The molecule has 0 saturated heterocycles. The number of phosphoric ester groups is 2. The molecule has 0 radical (unpaired) electrons. The summed E-state index contributed by atoms with van der Waals surface area (Å²) in [5.74, 6) is 0.152. The summed E-state index contributed by atoms with van der Waals surface area (Å²) in [5.41, 5.74) is 0. The number of carbonyl (C=O) groups excluding carboxylic acids is 4. The molecular weight excluding hydrogens is 1320 g/mol. The van der Waals surface area contributed by atoms with Crippen LogP contribution in [0.15, 0.2) is 0 Å². The highest BCUT2D eigenvalue weighted by Gasteiger charge is 2.30. The van der Waals surface area contributed by atoms with Gasteiger partial charge in [0.2, 0.25) is 0 Å². The van der Waals surface area contributed by atoms with Crippen molar-refractivity contribution in [3.63, 3.8) is 0 Å². The lowest BCUT2D eigenvalue weighted by molar-refractivity contribution is -0.161. The van der Waals surface area contributed by atoms with Crippen LogP contribution in [0.5, 0.6) is 0 Å². The molecule has 0 aliphatic carbocycles. The Morgan fingerprint density at radius 3 is 0.673 bits per heavy atom. The Labute approximate surface area is 619 Å². The summed E-state index contributed by atoms with van der Waals surface area (Å²) in [4.78, 5) is 73.0. The SMILES string of the molecule is CCCCCCCCCCCCCCCCCCCCCCCC(=O)O[C@H](COC(=O)CCCCCCCCCCCCCCC(C)C)COP(=O)(O)OC[C@@H](O)COP(=O)(O)OC[C@@H](COC(=O)CCCCCCCCCC(C)C)OC(=O)CCCCCCCCCCCCCCC(C)C. The second kappa shape index (κ2) is 72.3. The van der Waals surface area contributed by atoms with Crippen molar-refractivity contribution in [2.24, 2.45) is 17.8 Å². The van der Waals surface area contributed by atoms with Crippen LogP contribution in [0, 0.1) is 17.8 Å². The Balaban J connectivity index is 5.22. The highest BCUT2D eigenvalue weighted by atomic mass is 31.2. The minimum absolute atomic E-state index is 0.106. The van der Waals surface area contributed by atoms with E-state index in [-0.39, 0.29) is 25.7 Å². The van der Waals surface area contributed by atoms with Gasteiger partial charge in [-0.1, -0.05) is 376 Å². The van der Waals surface area contributed by atoms with E-state index in [0.29, 0.717) is 31.6 Å². The van der Waals surface area contributed by atoms with E-state index < -0.39 is 97.5 Å². The maximum atomic E-state index is 13.1. The number of rotatable bonds is 80. The van der Waals surface area contributed by atoms with Crippen LogP contribution in [0.3, 0.4) is 0 Å². The average molecular weight is 1480 g/mol. The predicted octanol–water partition coefficient (Wildman–Crippen LogP) is 24.5. The smallest absolute Gasteiger partial charge is 0.462 e. The van der Waals surface area contributed by atoms with Gasteiger partial charge in [0.15, 0.2) is 12.2 Å². The molecule has 2 unspecified atom stereocenters. The number of hydrogen-bond donors (Lipinski definition) is 3. The Morgan fingerprint density at radius 2 is 0.455 bits per heavy atom. The van der Waals surface area contributed by atoms with Gasteiger partial charge in [-0.3, -0.25) is 37.3 Å². The molecular formula is C82H160O17P2. The van der Waals surface area contributed by atoms with Gasteiger partial charge >= 0.3 is 39.5 Å². The van der Waals surface area contributed by atoms with Gasteiger partial charge in [0.1, 0.15) is 19.3 Å². The Bertz CT molecular complexity index is 1960. The fourth-order valence-corrected chi connectivity index (χ4v) is 14.2. The summed E-state index contributed by atoms with van der Waals surface area (Å²) in [5, 5.41) is 10.6. The lowest BCUT2D eigenvalue weighted by Crippen LogP contribution is -2.30. The van der Waals surface area contributed by atoms with E-state index in [1.807, 2.05) is 0 Å². The van der Waals surface area contributed by atoms with Crippen molar-refractivity contribution in [2.75, 3.05) is 39.6 Å². The molecule has 0 aliphatic heterocycles. The molecule has 5 atom stereocenters. The van der Waals surface area contributed by atoms with Gasteiger partial charge in [-0.15, -0.1) is 0 Å². The third-order valence-corrected chi connectivity index (χ3v) is 21.0. The van der Waals surface area contributed by atoms with Crippen LogP contribution in [0.2, 0.25) is 0 Å². The highest BCUT2D eigenvalue weighted by molar-refractivity contribution is 7.47. The van der Waals surface area contributed by atoms with Crippen LogP contribution < -0.4 is 0 Å². The molecule has 101 heavy (non-hydrogen) atoms. The first-order chi connectivity index (χ1) is 48.7. The highest BCUT2D eigenvalue weighted by Crippen LogP contribution is 2.45. The minimum Gasteiger partial charge on any atom is -0.462 e. The number of carbonyl (C=O) groups is 4. The molecule has 0 fully saturated rings. The van der Waals surface area contributed by atoms with Gasteiger partial charge in [0, 0.05) is 25.7 Å². The third-order valence-electron chi connectivity index (χ3n) is 19.1. The summed E-state index contributed by atoms with van der Waals surface area (Å²) >= 11 is 0. The summed E-state index contributed by atoms with van der Waals surface area (Å²) in [6.45, 7) is 11.9. The van der Waals surface area contributed by atoms with E-state index in [0.717, 1.165) is 108 Å². The van der Waals surface area contributed by atoms with Crippen LogP contribution in [0.1, 0.15) is 427 Å². The van der Waals surface area contributed by atoms with Crippen molar-refractivity contribution in [3.8, 4) is 0 Å².